The maximum atomic E-state index is 11.7. The lowest BCUT2D eigenvalue weighted by Crippen LogP contribution is -2.19. The Bertz CT molecular complexity index is 349. The van der Waals surface area contributed by atoms with E-state index in [4.69, 9.17) is 5.11 Å². The number of rotatable bonds is 4. The highest BCUT2D eigenvalue weighted by Crippen LogP contribution is 2.23. The van der Waals surface area contributed by atoms with Gasteiger partial charge in [0.25, 0.3) is 5.19 Å². The van der Waals surface area contributed by atoms with Gasteiger partial charge in [0.1, 0.15) is 0 Å². The van der Waals surface area contributed by atoms with Crippen molar-refractivity contribution >= 4 is 17.3 Å². The van der Waals surface area contributed by atoms with Gasteiger partial charge in [0.2, 0.25) is 0 Å². The summed E-state index contributed by atoms with van der Waals surface area (Å²) in [5.74, 6) is -1.07. The molecule has 0 bridgehead atoms. The maximum Gasteiger partial charge on any atom is 0.422 e. The molecular weight excluding hydrogens is 235 g/mol. The summed E-state index contributed by atoms with van der Waals surface area (Å²) in [6, 6.07) is 0. The van der Waals surface area contributed by atoms with E-state index in [1.54, 1.807) is 0 Å². The summed E-state index contributed by atoms with van der Waals surface area (Å²) in [4.78, 5) is 14.1. The zero-order chi connectivity index (χ0) is 11.5. The minimum absolute atomic E-state index is 0.177. The molecule has 0 radical (unpaired) electrons. The fourth-order valence-corrected chi connectivity index (χ4v) is 1.48. The molecule has 0 aliphatic rings. The molecule has 0 spiro atoms. The molecular formula is C7H6F3NO3S. The number of carbonyl (C=O) groups is 1. The first-order valence-electron chi connectivity index (χ1n) is 3.73. The Morgan fingerprint density at radius 1 is 1.60 bits per heavy atom. The number of nitrogens with zero attached hydrogens (tertiary/aromatic N) is 1. The molecule has 0 fully saturated rings. The predicted molar refractivity (Wildman–Crippen MR) is 45.0 cm³/mol. The summed E-state index contributed by atoms with van der Waals surface area (Å²) >= 11 is 0.788. The lowest BCUT2D eigenvalue weighted by Gasteiger charge is -2.05. The van der Waals surface area contributed by atoms with E-state index in [2.05, 4.69) is 9.72 Å². The molecule has 1 rings (SSSR count). The van der Waals surface area contributed by atoms with Crippen LogP contribution in [0.2, 0.25) is 0 Å². The molecule has 0 atom stereocenters. The first-order chi connectivity index (χ1) is 6.87. The minimum atomic E-state index is -4.42. The first kappa shape index (κ1) is 11.8. The molecule has 0 amide bonds. The largest absolute Gasteiger partial charge is 0.481 e. The van der Waals surface area contributed by atoms with E-state index in [1.807, 2.05) is 0 Å². The Morgan fingerprint density at radius 3 is 2.80 bits per heavy atom. The first-order valence-corrected chi connectivity index (χ1v) is 4.54. The molecule has 0 unspecified atom stereocenters. The van der Waals surface area contributed by atoms with Gasteiger partial charge in [-0.2, -0.15) is 13.2 Å². The monoisotopic (exact) mass is 241 g/mol. The molecule has 84 valence electrons. The van der Waals surface area contributed by atoms with E-state index < -0.39 is 18.8 Å². The number of carboxylic acids is 1. The number of alkyl halides is 3. The van der Waals surface area contributed by atoms with Crippen molar-refractivity contribution in [2.45, 2.75) is 12.6 Å². The van der Waals surface area contributed by atoms with Crippen LogP contribution in [0, 0.1) is 0 Å². The van der Waals surface area contributed by atoms with E-state index >= 15 is 0 Å². The number of hydrogen-bond donors (Lipinski definition) is 1. The number of thiazole rings is 1. The van der Waals surface area contributed by atoms with Crippen LogP contribution < -0.4 is 4.74 Å². The van der Waals surface area contributed by atoms with E-state index in [9.17, 15) is 18.0 Å². The lowest BCUT2D eigenvalue weighted by atomic mass is 10.4. The number of carboxylic acid groups (broad SMARTS) is 1. The van der Waals surface area contributed by atoms with Gasteiger partial charge < -0.3 is 9.84 Å². The summed E-state index contributed by atoms with van der Waals surface area (Å²) in [6.45, 7) is -1.42. The average molecular weight is 241 g/mol. The fraction of sp³-hybridized carbons (Fsp3) is 0.429. The van der Waals surface area contributed by atoms with Crippen molar-refractivity contribution in [3.05, 3.63) is 11.1 Å². The highest BCUT2D eigenvalue weighted by atomic mass is 32.1. The van der Waals surface area contributed by atoms with E-state index in [0.717, 1.165) is 11.3 Å². The molecule has 1 heterocycles. The number of halogens is 3. The van der Waals surface area contributed by atoms with Crippen LogP contribution >= 0.6 is 11.3 Å². The highest BCUT2D eigenvalue weighted by molar-refractivity contribution is 7.13. The minimum Gasteiger partial charge on any atom is -0.481 e. The Hall–Kier alpha value is -1.31. The van der Waals surface area contributed by atoms with Gasteiger partial charge in [0.15, 0.2) is 6.61 Å². The van der Waals surface area contributed by atoms with Crippen LogP contribution in [0.25, 0.3) is 0 Å². The van der Waals surface area contributed by atoms with Gasteiger partial charge in [-0.05, 0) is 0 Å². The van der Waals surface area contributed by atoms with Crippen LogP contribution in [-0.4, -0.2) is 28.8 Å². The van der Waals surface area contributed by atoms with Crippen LogP contribution in [-0.2, 0) is 11.2 Å². The Balaban J connectivity index is 2.50. The molecule has 4 nitrogen and oxygen atoms in total. The van der Waals surface area contributed by atoms with Crippen LogP contribution in [0.5, 0.6) is 5.19 Å². The van der Waals surface area contributed by atoms with Crippen LogP contribution in [0.15, 0.2) is 6.20 Å². The Morgan fingerprint density at radius 2 is 2.27 bits per heavy atom. The van der Waals surface area contributed by atoms with Gasteiger partial charge in [0, 0.05) is 11.1 Å². The van der Waals surface area contributed by atoms with Crippen molar-refractivity contribution in [2.24, 2.45) is 0 Å². The number of aromatic nitrogens is 1. The molecule has 0 saturated heterocycles. The van der Waals surface area contributed by atoms with E-state index in [0.29, 0.717) is 4.88 Å². The Labute approximate surface area is 86.3 Å². The Kier molecular flexibility index (Phi) is 3.51. The van der Waals surface area contributed by atoms with E-state index in [-0.39, 0.29) is 11.6 Å². The van der Waals surface area contributed by atoms with Crippen LogP contribution in [0.4, 0.5) is 13.2 Å². The fourth-order valence-electron chi connectivity index (χ4n) is 0.731. The summed E-state index contributed by atoms with van der Waals surface area (Å²) in [5.41, 5.74) is 0. The van der Waals surface area contributed by atoms with Gasteiger partial charge in [-0.1, -0.05) is 11.3 Å². The molecule has 1 aromatic rings. The molecule has 15 heavy (non-hydrogen) atoms. The van der Waals surface area contributed by atoms with E-state index in [1.165, 1.54) is 6.20 Å². The highest BCUT2D eigenvalue weighted by Gasteiger charge is 2.29. The van der Waals surface area contributed by atoms with Crippen molar-refractivity contribution in [2.75, 3.05) is 6.61 Å². The maximum absolute atomic E-state index is 11.7. The van der Waals surface area contributed by atoms with Crippen molar-refractivity contribution in [3.63, 3.8) is 0 Å². The lowest BCUT2D eigenvalue weighted by molar-refractivity contribution is -0.153. The number of hydrogen-bond acceptors (Lipinski definition) is 4. The second-order valence-electron chi connectivity index (χ2n) is 2.57. The molecule has 0 aromatic carbocycles. The van der Waals surface area contributed by atoms with Gasteiger partial charge >= 0.3 is 12.1 Å². The molecule has 8 heteroatoms. The second-order valence-corrected chi connectivity index (χ2v) is 3.64. The summed E-state index contributed by atoms with van der Waals surface area (Å²) < 4.78 is 39.5. The average Bonchev–Trinajstić information content (AvgIpc) is 2.46. The van der Waals surface area contributed by atoms with Crippen LogP contribution in [0.3, 0.4) is 0 Å². The van der Waals surface area contributed by atoms with Gasteiger partial charge in [0.05, 0.1) is 6.42 Å². The molecule has 1 aromatic heterocycles. The number of ether oxygens (including phenoxy) is 1. The third-order valence-electron chi connectivity index (χ3n) is 1.22. The quantitative estimate of drug-likeness (QED) is 0.871. The molecule has 0 aliphatic heterocycles. The third-order valence-corrected chi connectivity index (χ3v) is 2.13. The van der Waals surface area contributed by atoms with Gasteiger partial charge in [-0.3, -0.25) is 4.79 Å². The summed E-state index contributed by atoms with van der Waals surface area (Å²) in [7, 11) is 0. The number of aliphatic carboxylic acids is 1. The van der Waals surface area contributed by atoms with Crippen molar-refractivity contribution in [1.29, 1.82) is 0 Å². The molecule has 1 N–H and O–H groups in total. The smallest absolute Gasteiger partial charge is 0.422 e. The van der Waals surface area contributed by atoms with Crippen molar-refractivity contribution in [3.8, 4) is 5.19 Å². The SMILES string of the molecule is O=C(O)Cc1cnc(OCC(F)(F)F)s1. The summed E-state index contributed by atoms with van der Waals surface area (Å²) in [6.07, 6.45) is -3.50. The topological polar surface area (TPSA) is 59.4 Å². The standard InChI is InChI=1S/C7H6F3NO3S/c8-7(9,10)3-14-6-11-2-4(15-6)1-5(12)13/h2H,1,3H2,(H,12,13). The second kappa shape index (κ2) is 4.47. The zero-order valence-corrected chi connectivity index (χ0v) is 8.06. The van der Waals surface area contributed by atoms with Crippen LogP contribution in [0.1, 0.15) is 4.88 Å². The van der Waals surface area contributed by atoms with Gasteiger partial charge in [-0.15, -0.1) is 0 Å². The third kappa shape index (κ3) is 4.63. The predicted octanol–water partition coefficient (Wildman–Crippen LogP) is 1.71. The zero-order valence-electron chi connectivity index (χ0n) is 7.24. The molecule has 0 saturated carbocycles. The van der Waals surface area contributed by atoms with Crippen molar-refractivity contribution < 1.29 is 27.8 Å². The molecule has 0 aliphatic carbocycles. The van der Waals surface area contributed by atoms with Crippen molar-refractivity contribution in [1.82, 2.24) is 4.98 Å². The summed E-state index contributed by atoms with van der Waals surface area (Å²) in [5, 5.41) is 8.22. The normalized spacial score (nSPS) is 11.4. The van der Waals surface area contributed by atoms with Gasteiger partial charge in [-0.25, -0.2) is 4.98 Å².